The Kier molecular flexibility index (Phi) is 4.74. The minimum atomic E-state index is -0.260. The maximum Gasteiger partial charge on any atom is 0.224 e. The number of benzene rings is 1. The Balaban J connectivity index is 2.21. The van der Waals surface area contributed by atoms with Gasteiger partial charge in [0.15, 0.2) is 5.82 Å². The lowest BCUT2D eigenvalue weighted by molar-refractivity contribution is 0.600. The van der Waals surface area contributed by atoms with Crippen molar-refractivity contribution in [2.45, 2.75) is 19.9 Å². The molecule has 1 heterocycles. The van der Waals surface area contributed by atoms with Gasteiger partial charge in [-0.2, -0.15) is 4.98 Å². The fourth-order valence-electron chi connectivity index (χ4n) is 1.82. The highest BCUT2D eigenvalue weighted by molar-refractivity contribution is 6.32. The number of nitrogens with zero attached hydrogens (tertiary/aromatic N) is 2. The molecular weight excluding hydrogens is 279 g/mol. The van der Waals surface area contributed by atoms with Crippen molar-refractivity contribution in [1.82, 2.24) is 9.97 Å². The Hall–Kier alpha value is -1.88. The quantitative estimate of drug-likeness (QED) is 0.879. The van der Waals surface area contributed by atoms with Crippen LogP contribution in [-0.2, 0) is 0 Å². The zero-order valence-corrected chi connectivity index (χ0v) is 12.1. The fraction of sp³-hybridized carbons (Fsp3) is 0.286. The molecule has 2 aromatic rings. The van der Waals surface area contributed by atoms with E-state index in [0.29, 0.717) is 28.9 Å². The van der Waals surface area contributed by atoms with Gasteiger partial charge in [0.25, 0.3) is 0 Å². The van der Waals surface area contributed by atoms with Crippen LogP contribution >= 0.6 is 11.6 Å². The molecule has 1 aromatic heterocycles. The van der Waals surface area contributed by atoms with Crippen molar-refractivity contribution < 1.29 is 4.39 Å². The molecule has 1 aromatic carbocycles. The standard InChI is InChI=1S/C14H16ClFN4/c1-3-17-14-18-8-11(15)13(20-14)19-9(2)10-6-4-5-7-12(10)16/h4-9H,3H2,1-2H3,(H2,17,18,19,20). The van der Waals surface area contributed by atoms with Gasteiger partial charge in [0.2, 0.25) is 5.95 Å². The number of hydrogen-bond donors (Lipinski definition) is 2. The summed E-state index contributed by atoms with van der Waals surface area (Å²) in [5.41, 5.74) is 0.562. The summed E-state index contributed by atoms with van der Waals surface area (Å²) in [6, 6.07) is 6.36. The number of anilines is 2. The summed E-state index contributed by atoms with van der Waals surface area (Å²) < 4.78 is 13.7. The Morgan fingerprint density at radius 3 is 2.80 bits per heavy atom. The molecule has 0 aliphatic heterocycles. The molecule has 0 saturated carbocycles. The molecule has 2 N–H and O–H groups in total. The molecule has 0 saturated heterocycles. The van der Waals surface area contributed by atoms with Crippen molar-refractivity contribution in [1.29, 1.82) is 0 Å². The smallest absolute Gasteiger partial charge is 0.224 e. The lowest BCUT2D eigenvalue weighted by Gasteiger charge is -2.17. The Labute approximate surface area is 122 Å². The summed E-state index contributed by atoms with van der Waals surface area (Å²) in [6.45, 7) is 4.51. The van der Waals surface area contributed by atoms with Gasteiger partial charge in [0, 0.05) is 12.1 Å². The average molecular weight is 295 g/mol. The minimum absolute atomic E-state index is 0.252. The topological polar surface area (TPSA) is 49.8 Å². The van der Waals surface area contributed by atoms with Gasteiger partial charge >= 0.3 is 0 Å². The summed E-state index contributed by atoms with van der Waals surface area (Å²) >= 11 is 6.06. The minimum Gasteiger partial charge on any atom is -0.362 e. The second-order valence-corrected chi connectivity index (χ2v) is 4.72. The summed E-state index contributed by atoms with van der Waals surface area (Å²) in [4.78, 5) is 8.33. The highest BCUT2D eigenvalue weighted by atomic mass is 35.5. The average Bonchev–Trinajstić information content (AvgIpc) is 2.43. The fourth-order valence-corrected chi connectivity index (χ4v) is 1.97. The van der Waals surface area contributed by atoms with Crippen molar-refractivity contribution >= 4 is 23.4 Å². The van der Waals surface area contributed by atoms with Gasteiger partial charge in [-0.15, -0.1) is 0 Å². The van der Waals surface area contributed by atoms with E-state index in [-0.39, 0.29) is 11.9 Å². The van der Waals surface area contributed by atoms with Crippen LogP contribution in [0, 0.1) is 5.82 Å². The predicted molar refractivity (Wildman–Crippen MR) is 79.6 cm³/mol. The van der Waals surface area contributed by atoms with Gasteiger partial charge < -0.3 is 10.6 Å². The van der Waals surface area contributed by atoms with E-state index in [4.69, 9.17) is 11.6 Å². The molecule has 1 unspecified atom stereocenters. The molecule has 0 fully saturated rings. The SMILES string of the molecule is CCNc1ncc(Cl)c(NC(C)c2ccccc2F)n1. The van der Waals surface area contributed by atoms with E-state index in [1.807, 2.05) is 13.8 Å². The molecule has 0 aliphatic carbocycles. The molecule has 106 valence electrons. The van der Waals surface area contributed by atoms with Gasteiger partial charge in [-0.1, -0.05) is 29.8 Å². The summed E-state index contributed by atoms with van der Waals surface area (Å²) in [6.07, 6.45) is 1.52. The monoisotopic (exact) mass is 294 g/mol. The van der Waals surface area contributed by atoms with Crippen LogP contribution in [0.2, 0.25) is 5.02 Å². The van der Waals surface area contributed by atoms with Crippen LogP contribution in [0.5, 0.6) is 0 Å². The van der Waals surface area contributed by atoms with E-state index in [9.17, 15) is 4.39 Å². The molecule has 6 heteroatoms. The third kappa shape index (κ3) is 3.36. The molecule has 0 spiro atoms. The molecule has 20 heavy (non-hydrogen) atoms. The Morgan fingerprint density at radius 2 is 2.10 bits per heavy atom. The summed E-state index contributed by atoms with van der Waals surface area (Å²) in [5.74, 6) is 0.707. The first-order valence-corrected chi connectivity index (χ1v) is 6.77. The van der Waals surface area contributed by atoms with Crippen LogP contribution in [0.1, 0.15) is 25.5 Å². The van der Waals surface area contributed by atoms with E-state index >= 15 is 0 Å². The van der Waals surface area contributed by atoms with Crippen LogP contribution in [0.15, 0.2) is 30.5 Å². The summed E-state index contributed by atoms with van der Waals surface area (Å²) in [7, 11) is 0. The van der Waals surface area contributed by atoms with Crippen LogP contribution in [0.25, 0.3) is 0 Å². The van der Waals surface area contributed by atoms with Gasteiger partial charge in [0.1, 0.15) is 10.8 Å². The van der Waals surface area contributed by atoms with Gasteiger partial charge in [-0.25, -0.2) is 9.37 Å². The number of nitrogens with one attached hydrogen (secondary N) is 2. The van der Waals surface area contributed by atoms with Crippen molar-refractivity contribution in [3.05, 3.63) is 46.9 Å². The zero-order valence-electron chi connectivity index (χ0n) is 11.3. The summed E-state index contributed by atoms with van der Waals surface area (Å²) in [5, 5.41) is 6.51. The van der Waals surface area contributed by atoms with E-state index < -0.39 is 0 Å². The molecule has 0 amide bonds. The van der Waals surface area contributed by atoms with Gasteiger partial charge in [-0.3, -0.25) is 0 Å². The lowest BCUT2D eigenvalue weighted by atomic mass is 10.1. The molecule has 0 radical (unpaired) electrons. The normalized spacial score (nSPS) is 12.0. The first-order valence-electron chi connectivity index (χ1n) is 6.39. The second-order valence-electron chi connectivity index (χ2n) is 4.31. The maximum absolute atomic E-state index is 13.7. The van der Waals surface area contributed by atoms with E-state index in [1.165, 1.54) is 12.3 Å². The van der Waals surface area contributed by atoms with Crippen molar-refractivity contribution in [3.63, 3.8) is 0 Å². The second kappa shape index (κ2) is 6.52. The first kappa shape index (κ1) is 14.5. The van der Waals surface area contributed by atoms with Crippen molar-refractivity contribution in [2.75, 3.05) is 17.2 Å². The molecule has 1 atom stereocenters. The predicted octanol–water partition coefficient (Wildman–Crippen LogP) is 3.87. The van der Waals surface area contributed by atoms with Gasteiger partial charge in [0.05, 0.1) is 12.2 Å². The zero-order chi connectivity index (χ0) is 14.5. The first-order chi connectivity index (χ1) is 9.61. The Morgan fingerprint density at radius 1 is 1.35 bits per heavy atom. The Bertz CT molecular complexity index is 591. The third-order valence-electron chi connectivity index (χ3n) is 2.80. The third-order valence-corrected chi connectivity index (χ3v) is 3.08. The maximum atomic E-state index is 13.7. The molecule has 0 aliphatic rings. The highest BCUT2D eigenvalue weighted by Crippen LogP contribution is 2.25. The van der Waals surface area contributed by atoms with Crippen LogP contribution in [0.4, 0.5) is 16.2 Å². The number of hydrogen-bond acceptors (Lipinski definition) is 4. The van der Waals surface area contributed by atoms with E-state index in [2.05, 4.69) is 20.6 Å². The largest absolute Gasteiger partial charge is 0.362 e. The van der Waals surface area contributed by atoms with Crippen LogP contribution in [0.3, 0.4) is 0 Å². The number of halogens is 2. The van der Waals surface area contributed by atoms with Crippen molar-refractivity contribution in [2.24, 2.45) is 0 Å². The van der Waals surface area contributed by atoms with Crippen molar-refractivity contribution in [3.8, 4) is 0 Å². The molecule has 4 nitrogen and oxygen atoms in total. The van der Waals surface area contributed by atoms with E-state index in [0.717, 1.165) is 0 Å². The van der Waals surface area contributed by atoms with Crippen LogP contribution < -0.4 is 10.6 Å². The highest BCUT2D eigenvalue weighted by Gasteiger charge is 2.13. The molecular formula is C14H16ClFN4. The van der Waals surface area contributed by atoms with Crippen LogP contribution in [-0.4, -0.2) is 16.5 Å². The molecule has 0 bridgehead atoms. The van der Waals surface area contributed by atoms with E-state index in [1.54, 1.807) is 18.2 Å². The van der Waals surface area contributed by atoms with Gasteiger partial charge in [-0.05, 0) is 19.9 Å². The number of rotatable bonds is 5. The molecule has 2 rings (SSSR count). The number of aromatic nitrogens is 2. The lowest BCUT2D eigenvalue weighted by Crippen LogP contribution is -2.11.